The molecule has 0 N–H and O–H groups in total. The summed E-state index contributed by atoms with van der Waals surface area (Å²) in [6.45, 7) is 6.05. The first-order chi connectivity index (χ1) is 13.8. The smallest absolute Gasteiger partial charge is 0.410 e. The molecule has 0 aliphatic carbocycles. The Balaban J connectivity index is 2.28. The number of amides is 1. The van der Waals surface area contributed by atoms with Gasteiger partial charge in [-0.05, 0) is 39.3 Å². The number of nitro groups is 1. The molecule has 1 amide bonds. The summed E-state index contributed by atoms with van der Waals surface area (Å²) in [5.74, 6) is 0. The molecule has 1 saturated heterocycles. The molecule has 1 aliphatic rings. The molecule has 0 radical (unpaired) electrons. The molecule has 1 fully saturated rings. The second-order valence-electron chi connectivity index (χ2n) is 7.98. The summed E-state index contributed by atoms with van der Waals surface area (Å²) >= 11 is 3.24. The molecule has 0 bridgehead atoms. The van der Waals surface area contributed by atoms with Gasteiger partial charge in [-0.25, -0.2) is 4.79 Å². The van der Waals surface area contributed by atoms with Crippen LogP contribution in [0.3, 0.4) is 0 Å². The van der Waals surface area contributed by atoms with Gasteiger partial charge in [0.25, 0.3) is 15.8 Å². The van der Waals surface area contributed by atoms with Gasteiger partial charge in [0.05, 0.1) is 17.8 Å². The molecule has 1 aliphatic heterocycles. The summed E-state index contributed by atoms with van der Waals surface area (Å²) in [6, 6.07) is 4.36. The van der Waals surface area contributed by atoms with Crippen LogP contribution in [0.2, 0.25) is 0 Å². The van der Waals surface area contributed by atoms with E-state index in [4.69, 9.17) is 8.92 Å². The molecule has 10 nitrogen and oxygen atoms in total. The van der Waals surface area contributed by atoms with Crippen LogP contribution >= 0.6 is 15.9 Å². The maximum atomic E-state index is 12.5. The molecule has 0 saturated carbocycles. The summed E-state index contributed by atoms with van der Waals surface area (Å²) < 4.78 is 33.5. The number of rotatable bonds is 6. The largest absolute Gasteiger partial charge is 0.444 e. The number of nitro benzene ring substituents is 1. The summed E-state index contributed by atoms with van der Waals surface area (Å²) in [4.78, 5) is 26.9. The fraction of sp³-hybridized carbons (Fsp3) is 0.611. The quantitative estimate of drug-likeness (QED) is 0.327. The Bertz CT molecular complexity index is 902. The summed E-state index contributed by atoms with van der Waals surface area (Å²) in [5.41, 5.74) is -0.339. The van der Waals surface area contributed by atoms with Crippen LogP contribution in [-0.4, -0.2) is 68.5 Å². The van der Waals surface area contributed by atoms with Crippen molar-refractivity contribution in [2.24, 2.45) is 0 Å². The highest BCUT2D eigenvalue weighted by molar-refractivity contribution is 9.10. The minimum absolute atomic E-state index is 0.0795. The molecular weight excluding hydrogens is 482 g/mol. The van der Waals surface area contributed by atoms with E-state index < -0.39 is 32.8 Å². The number of carbonyl (C=O) groups is 1. The summed E-state index contributed by atoms with van der Waals surface area (Å²) in [6.07, 6.45) is 0.721. The zero-order chi connectivity index (χ0) is 22.7. The molecule has 1 aromatic rings. The lowest BCUT2D eigenvalue weighted by atomic mass is 10.1. The maximum Gasteiger partial charge on any atom is 0.410 e. The van der Waals surface area contributed by atoms with Crippen molar-refractivity contribution in [2.45, 2.75) is 38.8 Å². The van der Waals surface area contributed by atoms with E-state index in [2.05, 4.69) is 15.9 Å². The van der Waals surface area contributed by atoms with Crippen LogP contribution in [0.25, 0.3) is 0 Å². The Labute approximate surface area is 184 Å². The van der Waals surface area contributed by atoms with E-state index in [1.54, 1.807) is 32.9 Å². The lowest BCUT2D eigenvalue weighted by molar-refractivity contribution is -0.384. The molecule has 0 unspecified atom stereocenters. The highest BCUT2D eigenvalue weighted by atomic mass is 79.9. The zero-order valence-corrected chi connectivity index (χ0v) is 19.7. The molecule has 2 rings (SSSR count). The maximum absolute atomic E-state index is 12.5. The van der Waals surface area contributed by atoms with Crippen LogP contribution < -0.4 is 4.90 Å². The fourth-order valence-corrected chi connectivity index (χ4v) is 3.88. The van der Waals surface area contributed by atoms with E-state index in [1.165, 1.54) is 11.0 Å². The molecule has 168 valence electrons. The first-order valence-corrected chi connectivity index (χ1v) is 11.9. The van der Waals surface area contributed by atoms with Gasteiger partial charge >= 0.3 is 6.09 Å². The average molecular weight is 508 g/mol. The zero-order valence-electron chi connectivity index (χ0n) is 17.3. The fourth-order valence-electron chi connectivity index (χ4n) is 3.13. The molecule has 0 spiro atoms. The Morgan fingerprint density at radius 3 is 2.57 bits per heavy atom. The number of ether oxygens (including phenoxy) is 1. The number of carbonyl (C=O) groups excluding carboxylic acids is 1. The van der Waals surface area contributed by atoms with E-state index >= 15 is 0 Å². The Hall–Kier alpha value is -1.92. The molecule has 0 aromatic heterocycles. The van der Waals surface area contributed by atoms with E-state index in [-0.39, 0.29) is 25.3 Å². The summed E-state index contributed by atoms with van der Waals surface area (Å²) in [5, 5.41) is 11.6. The highest BCUT2D eigenvalue weighted by Gasteiger charge is 2.34. The first-order valence-electron chi connectivity index (χ1n) is 9.30. The third kappa shape index (κ3) is 7.10. The van der Waals surface area contributed by atoms with E-state index in [1.807, 2.05) is 4.90 Å². The molecular formula is C18H26BrN3O7S. The topological polar surface area (TPSA) is 119 Å². The predicted molar refractivity (Wildman–Crippen MR) is 115 cm³/mol. The van der Waals surface area contributed by atoms with Crippen molar-refractivity contribution in [3.63, 3.8) is 0 Å². The number of piperazine rings is 1. The van der Waals surface area contributed by atoms with E-state index in [9.17, 15) is 23.3 Å². The van der Waals surface area contributed by atoms with Crippen molar-refractivity contribution in [2.75, 3.05) is 37.4 Å². The summed E-state index contributed by atoms with van der Waals surface area (Å²) in [7, 11) is -3.63. The monoisotopic (exact) mass is 507 g/mol. The Morgan fingerprint density at radius 1 is 1.33 bits per heavy atom. The van der Waals surface area contributed by atoms with Crippen LogP contribution in [-0.2, 0) is 19.0 Å². The minimum atomic E-state index is -3.63. The number of nitrogens with zero attached hydrogens (tertiary/aromatic N) is 3. The van der Waals surface area contributed by atoms with Crippen molar-refractivity contribution in [1.29, 1.82) is 0 Å². The number of hydrogen-bond acceptors (Lipinski definition) is 8. The van der Waals surface area contributed by atoms with Gasteiger partial charge in [0.15, 0.2) is 0 Å². The molecule has 1 aromatic carbocycles. The van der Waals surface area contributed by atoms with Crippen molar-refractivity contribution < 1.29 is 27.1 Å². The van der Waals surface area contributed by atoms with Crippen LogP contribution in [0.4, 0.5) is 16.2 Å². The van der Waals surface area contributed by atoms with Crippen LogP contribution in [0.5, 0.6) is 0 Å². The SMILES string of the molecule is CC(C)(C)OC(=O)N1CCN(c2ccc(Br)cc2[N+](=O)[O-])[C@@H](CCOS(C)(=O)=O)C1. The molecule has 30 heavy (non-hydrogen) atoms. The van der Waals surface area contributed by atoms with Gasteiger partial charge in [0, 0.05) is 36.2 Å². The second kappa shape index (κ2) is 9.48. The molecule has 1 atom stereocenters. The Morgan fingerprint density at radius 2 is 2.00 bits per heavy atom. The van der Waals surface area contributed by atoms with Gasteiger partial charge in [-0.1, -0.05) is 15.9 Å². The normalized spacial score (nSPS) is 17.7. The van der Waals surface area contributed by atoms with Crippen molar-refractivity contribution in [1.82, 2.24) is 4.90 Å². The first kappa shape index (κ1) is 24.4. The number of halogens is 1. The average Bonchev–Trinajstić information content (AvgIpc) is 2.59. The van der Waals surface area contributed by atoms with E-state index in [0.717, 1.165) is 6.26 Å². The minimum Gasteiger partial charge on any atom is -0.444 e. The third-order valence-corrected chi connectivity index (χ3v) is 5.41. The van der Waals surface area contributed by atoms with Gasteiger partial charge in [0.1, 0.15) is 11.3 Å². The van der Waals surface area contributed by atoms with Crippen LogP contribution in [0, 0.1) is 10.1 Å². The molecule has 12 heteroatoms. The van der Waals surface area contributed by atoms with Gasteiger partial charge < -0.3 is 14.5 Å². The lowest BCUT2D eigenvalue weighted by Crippen LogP contribution is -2.56. The molecule has 1 heterocycles. The standard InChI is InChI=1S/C18H26BrN3O7S/c1-18(2,3)29-17(23)20-8-9-21(14(12-20)7-10-28-30(4,26)27)15-6-5-13(19)11-16(15)22(24)25/h5-6,11,14H,7-10,12H2,1-4H3/t14-/m0/s1. The van der Waals surface area contributed by atoms with Crippen LogP contribution in [0.15, 0.2) is 22.7 Å². The van der Waals surface area contributed by atoms with Crippen molar-refractivity contribution in [3.8, 4) is 0 Å². The van der Waals surface area contributed by atoms with Crippen LogP contribution in [0.1, 0.15) is 27.2 Å². The second-order valence-corrected chi connectivity index (χ2v) is 10.5. The lowest BCUT2D eigenvalue weighted by Gasteiger charge is -2.42. The van der Waals surface area contributed by atoms with Gasteiger partial charge in [-0.15, -0.1) is 0 Å². The van der Waals surface area contributed by atoms with Gasteiger partial charge in [0.2, 0.25) is 0 Å². The van der Waals surface area contributed by atoms with Gasteiger partial charge in [-0.2, -0.15) is 8.42 Å². The number of anilines is 1. The number of hydrogen-bond donors (Lipinski definition) is 0. The third-order valence-electron chi connectivity index (χ3n) is 4.33. The predicted octanol–water partition coefficient (Wildman–Crippen LogP) is 3.15. The van der Waals surface area contributed by atoms with Crippen molar-refractivity contribution >= 4 is 43.5 Å². The Kier molecular flexibility index (Phi) is 7.69. The van der Waals surface area contributed by atoms with Crippen molar-refractivity contribution in [3.05, 3.63) is 32.8 Å². The van der Waals surface area contributed by atoms with Gasteiger partial charge in [-0.3, -0.25) is 14.3 Å². The highest BCUT2D eigenvalue weighted by Crippen LogP contribution is 2.34. The van der Waals surface area contributed by atoms with E-state index in [0.29, 0.717) is 23.2 Å². The number of benzene rings is 1.